The van der Waals surface area contributed by atoms with E-state index in [0.29, 0.717) is 18.0 Å². The van der Waals surface area contributed by atoms with Crippen molar-refractivity contribution in [2.75, 3.05) is 31.5 Å². The molecule has 10 heteroatoms. The SMILES string of the molecule is CCOCOC1CN(c2ccc(OCCC(O)C(F)(F)F)cc2)C(=O)O1. The van der Waals surface area contributed by atoms with E-state index < -0.39 is 31.1 Å². The summed E-state index contributed by atoms with van der Waals surface area (Å²) < 4.78 is 57.1. The van der Waals surface area contributed by atoms with Crippen molar-refractivity contribution in [1.29, 1.82) is 0 Å². The largest absolute Gasteiger partial charge is 0.493 e. The molecule has 1 aliphatic rings. The van der Waals surface area contributed by atoms with E-state index >= 15 is 0 Å². The van der Waals surface area contributed by atoms with Crippen LogP contribution in [-0.2, 0) is 14.2 Å². The van der Waals surface area contributed by atoms with E-state index in [1.54, 1.807) is 12.1 Å². The molecule has 0 bridgehead atoms. The summed E-state index contributed by atoms with van der Waals surface area (Å²) >= 11 is 0. The lowest BCUT2D eigenvalue weighted by atomic mass is 10.2. The van der Waals surface area contributed by atoms with Gasteiger partial charge in [-0.05, 0) is 31.2 Å². The molecular weight excluding hydrogens is 359 g/mol. The van der Waals surface area contributed by atoms with Gasteiger partial charge in [-0.2, -0.15) is 13.2 Å². The van der Waals surface area contributed by atoms with Crippen molar-refractivity contribution in [3.05, 3.63) is 24.3 Å². The van der Waals surface area contributed by atoms with Crippen LogP contribution in [0.1, 0.15) is 13.3 Å². The van der Waals surface area contributed by atoms with Gasteiger partial charge in [-0.3, -0.25) is 4.90 Å². The molecule has 1 heterocycles. The molecule has 2 unspecified atom stereocenters. The van der Waals surface area contributed by atoms with Crippen molar-refractivity contribution in [2.45, 2.75) is 31.9 Å². The van der Waals surface area contributed by atoms with Gasteiger partial charge >= 0.3 is 12.3 Å². The third kappa shape index (κ3) is 5.75. The minimum atomic E-state index is -4.66. The van der Waals surface area contributed by atoms with Crippen LogP contribution < -0.4 is 9.64 Å². The minimum absolute atomic E-state index is 0.0127. The van der Waals surface area contributed by atoms with Crippen molar-refractivity contribution < 1.29 is 42.0 Å². The standard InChI is InChI=1S/C16H20F3NO6/c1-2-23-10-25-14-9-20(15(22)26-14)11-3-5-12(6-4-11)24-8-7-13(21)16(17,18)19/h3-6,13-14,21H,2,7-10H2,1H3. The first-order valence-corrected chi connectivity index (χ1v) is 7.96. The monoisotopic (exact) mass is 379 g/mol. The van der Waals surface area contributed by atoms with E-state index in [-0.39, 0.29) is 19.9 Å². The van der Waals surface area contributed by atoms with Crippen molar-refractivity contribution in [3.8, 4) is 5.75 Å². The lowest BCUT2D eigenvalue weighted by Gasteiger charge is -2.16. The van der Waals surface area contributed by atoms with E-state index in [2.05, 4.69) is 0 Å². The molecule has 146 valence electrons. The average Bonchev–Trinajstić information content (AvgIpc) is 2.95. The van der Waals surface area contributed by atoms with Gasteiger partial charge in [0.25, 0.3) is 0 Å². The van der Waals surface area contributed by atoms with Gasteiger partial charge < -0.3 is 24.1 Å². The van der Waals surface area contributed by atoms with E-state index in [4.69, 9.17) is 24.1 Å². The molecule has 7 nitrogen and oxygen atoms in total. The number of cyclic esters (lactones) is 1. The summed E-state index contributed by atoms with van der Waals surface area (Å²) in [5, 5.41) is 8.90. The number of alkyl halides is 3. The molecular formula is C16H20F3NO6. The van der Waals surface area contributed by atoms with Gasteiger partial charge in [-0.25, -0.2) is 4.79 Å². The van der Waals surface area contributed by atoms with E-state index in [1.165, 1.54) is 17.0 Å². The van der Waals surface area contributed by atoms with Crippen molar-refractivity contribution >= 4 is 11.8 Å². The molecule has 1 N–H and O–H groups in total. The van der Waals surface area contributed by atoms with Crippen LogP contribution >= 0.6 is 0 Å². The summed E-state index contributed by atoms with van der Waals surface area (Å²) in [5.74, 6) is 0.319. The number of hydrogen-bond acceptors (Lipinski definition) is 6. The van der Waals surface area contributed by atoms with Crippen LogP contribution in [0, 0.1) is 0 Å². The lowest BCUT2D eigenvalue weighted by Crippen LogP contribution is -2.30. The molecule has 1 aromatic rings. The summed E-state index contributed by atoms with van der Waals surface area (Å²) in [6.07, 6.45) is -8.97. The Kier molecular flexibility index (Phi) is 7.06. The van der Waals surface area contributed by atoms with Crippen LogP contribution in [0.2, 0.25) is 0 Å². The van der Waals surface area contributed by atoms with Gasteiger partial charge in [0.15, 0.2) is 12.9 Å². The first-order chi connectivity index (χ1) is 12.3. The summed E-state index contributed by atoms with van der Waals surface area (Å²) in [6.45, 7) is 2.19. The second-order valence-electron chi connectivity index (χ2n) is 5.39. The Balaban J connectivity index is 1.82. The lowest BCUT2D eigenvalue weighted by molar-refractivity contribution is -0.206. The average molecular weight is 379 g/mol. The van der Waals surface area contributed by atoms with Crippen LogP contribution in [0.15, 0.2) is 24.3 Å². The Morgan fingerprint density at radius 2 is 2.04 bits per heavy atom. The fourth-order valence-electron chi connectivity index (χ4n) is 2.12. The van der Waals surface area contributed by atoms with Crippen LogP contribution in [0.3, 0.4) is 0 Å². The highest BCUT2D eigenvalue weighted by atomic mass is 19.4. The second kappa shape index (κ2) is 9.06. The Labute approximate surface area is 148 Å². The molecule has 1 aromatic carbocycles. The molecule has 2 rings (SSSR count). The summed E-state index contributed by atoms with van der Waals surface area (Å²) in [5.41, 5.74) is 0.528. The molecule has 1 saturated heterocycles. The number of aliphatic hydroxyl groups excluding tert-OH is 1. The third-order valence-electron chi connectivity index (χ3n) is 3.51. The van der Waals surface area contributed by atoms with Gasteiger partial charge in [-0.15, -0.1) is 0 Å². The number of ether oxygens (including phenoxy) is 4. The molecule has 1 fully saturated rings. The predicted molar refractivity (Wildman–Crippen MR) is 83.8 cm³/mol. The molecule has 2 atom stereocenters. The maximum atomic E-state index is 12.2. The summed E-state index contributed by atoms with van der Waals surface area (Å²) in [4.78, 5) is 13.2. The molecule has 1 aliphatic heterocycles. The van der Waals surface area contributed by atoms with Gasteiger partial charge in [0.05, 0.1) is 13.2 Å². The van der Waals surface area contributed by atoms with Crippen molar-refractivity contribution in [1.82, 2.24) is 0 Å². The maximum Gasteiger partial charge on any atom is 0.416 e. The zero-order valence-electron chi connectivity index (χ0n) is 14.1. The quantitative estimate of drug-likeness (QED) is 0.525. The van der Waals surface area contributed by atoms with E-state index in [9.17, 15) is 18.0 Å². The van der Waals surface area contributed by atoms with Gasteiger partial charge in [-0.1, -0.05) is 0 Å². The van der Waals surface area contributed by atoms with Crippen molar-refractivity contribution in [3.63, 3.8) is 0 Å². The molecule has 0 saturated carbocycles. The Bertz CT molecular complexity index is 580. The second-order valence-corrected chi connectivity index (χ2v) is 5.39. The number of anilines is 1. The normalized spacial score (nSPS) is 18.7. The number of rotatable bonds is 9. The Morgan fingerprint density at radius 3 is 2.65 bits per heavy atom. The number of amides is 1. The van der Waals surface area contributed by atoms with Crippen LogP contribution in [0.25, 0.3) is 0 Å². The fourth-order valence-corrected chi connectivity index (χ4v) is 2.12. The molecule has 0 radical (unpaired) electrons. The smallest absolute Gasteiger partial charge is 0.416 e. The number of nitrogens with zero attached hydrogens (tertiary/aromatic N) is 1. The van der Waals surface area contributed by atoms with E-state index in [0.717, 1.165) is 0 Å². The highest BCUT2D eigenvalue weighted by molar-refractivity contribution is 5.89. The topological polar surface area (TPSA) is 77.5 Å². The molecule has 26 heavy (non-hydrogen) atoms. The fraction of sp³-hybridized carbons (Fsp3) is 0.562. The number of carbonyl (C=O) groups is 1. The number of halogens is 3. The van der Waals surface area contributed by atoms with E-state index in [1.807, 2.05) is 6.92 Å². The molecule has 0 spiro atoms. The highest BCUT2D eigenvalue weighted by Gasteiger charge is 2.37. The third-order valence-corrected chi connectivity index (χ3v) is 3.51. The summed E-state index contributed by atoms with van der Waals surface area (Å²) in [6, 6.07) is 6.16. The molecule has 0 aromatic heterocycles. The predicted octanol–water partition coefficient (Wildman–Crippen LogP) is 2.67. The zero-order valence-corrected chi connectivity index (χ0v) is 14.1. The van der Waals surface area contributed by atoms with Gasteiger partial charge in [0, 0.05) is 18.7 Å². The van der Waals surface area contributed by atoms with Crippen LogP contribution in [0.4, 0.5) is 23.7 Å². The number of hydrogen-bond donors (Lipinski definition) is 1. The maximum absolute atomic E-state index is 12.2. The highest BCUT2D eigenvalue weighted by Crippen LogP contribution is 2.26. The van der Waals surface area contributed by atoms with Crippen LogP contribution in [-0.4, -0.2) is 56.3 Å². The Hall–Kier alpha value is -2.04. The molecule has 1 amide bonds. The Morgan fingerprint density at radius 1 is 1.35 bits per heavy atom. The number of aliphatic hydroxyl groups is 1. The molecule has 0 aliphatic carbocycles. The first kappa shape index (κ1) is 20.3. The van der Waals surface area contributed by atoms with Crippen LogP contribution in [0.5, 0.6) is 5.75 Å². The number of benzene rings is 1. The van der Waals surface area contributed by atoms with Crippen molar-refractivity contribution in [2.24, 2.45) is 0 Å². The zero-order chi connectivity index (χ0) is 19.2. The van der Waals surface area contributed by atoms with Gasteiger partial charge in [0.2, 0.25) is 6.29 Å². The first-order valence-electron chi connectivity index (χ1n) is 7.96. The summed E-state index contributed by atoms with van der Waals surface area (Å²) in [7, 11) is 0. The number of carbonyl (C=O) groups excluding carboxylic acids is 1. The van der Waals surface area contributed by atoms with Gasteiger partial charge in [0.1, 0.15) is 5.75 Å². The minimum Gasteiger partial charge on any atom is -0.493 e.